The first-order valence-corrected chi connectivity index (χ1v) is 12.8. The fraction of sp³-hybridized carbons (Fsp3) is 0.381. The Bertz CT molecular complexity index is 893. The van der Waals surface area contributed by atoms with Gasteiger partial charge >= 0.3 is 0 Å². The molecule has 1 amide bonds. The van der Waals surface area contributed by atoms with Crippen LogP contribution in [0.2, 0.25) is 5.02 Å². The van der Waals surface area contributed by atoms with Crippen molar-refractivity contribution in [2.24, 2.45) is 0 Å². The zero-order valence-corrected chi connectivity index (χ0v) is 19.5. The standard InChI is InChI=1S/C21H27ClN2O4S2/c1-24(14-6-15-28-18-11-9-17(22)10-12-18)21(25)20(13-16-29-2)23-30(26,27)19-7-4-3-5-8-19/h3-5,7-12,20,23H,6,13-16H2,1-2H3. The lowest BCUT2D eigenvalue weighted by Crippen LogP contribution is -2.48. The number of hydrogen-bond donors (Lipinski definition) is 1. The minimum atomic E-state index is -3.78. The first kappa shape index (κ1) is 24.5. The van der Waals surface area contributed by atoms with Gasteiger partial charge in [-0.05, 0) is 61.2 Å². The molecule has 2 rings (SSSR count). The van der Waals surface area contributed by atoms with Crippen LogP contribution in [0.15, 0.2) is 59.5 Å². The van der Waals surface area contributed by atoms with Crippen LogP contribution >= 0.6 is 23.4 Å². The Morgan fingerprint density at radius 3 is 2.47 bits per heavy atom. The van der Waals surface area contributed by atoms with E-state index >= 15 is 0 Å². The second kappa shape index (κ2) is 12.2. The van der Waals surface area contributed by atoms with Gasteiger partial charge in [-0.2, -0.15) is 16.5 Å². The van der Waals surface area contributed by atoms with Crippen LogP contribution in [-0.4, -0.2) is 57.5 Å². The lowest BCUT2D eigenvalue weighted by molar-refractivity contribution is -0.131. The number of carbonyl (C=O) groups excluding carboxylic acids is 1. The van der Waals surface area contributed by atoms with Crippen molar-refractivity contribution in [2.45, 2.75) is 23.8 Å². The molecule has 164 valence electrons. The van der Waals surface area contributed by atoms with E-state index in [1.54, 1.807) is 66.2 Å². The van der Waals surface area contributed by atoms with E-state index < -0.39 is 16.1 Å². The predicted octanol–water partition coefficient (Wildman–Crippen LogP) is 3.67. The summed E-state index contributed by atoms with van der Waals surface area (Å²) in [4.78, 5) is 14.6. The summed E-state index contributed by atoms with van der Waals surface area (Å²) in [5.74, 6) is 1.12. The van der Waals surface area contributed by atoms with Gasteiger partial charge in [0.05, 0.1) is 11.5 Å². The largest absolute Gasteiger partial charge is 0.494 e. The Labute approximate surface area is 188 Å². The van der Waals surface area contributed by atoms with Crippen molar-refractivity contribution in [3.63, 3.8) is 0 Å². The highest BCUT2D eigenvalue weighted by atomic mass is 35.5. The van der Waals surface area contributed by atoms with Gasteiger partial charge in [0.25, 0.3) is 0 Å². The first-order chi connectivity index (χ1) is 14.3. The normalized spacial score (nSPS) is 12.4. The number of amides is 1. The minimum Gasteiger partial charge on any atom is -0.494 e. The highest BCUT2D eigenvalue weighted by Gasteiger charge is 2.27. The third-order valence-corrected chi connectivity index (χ3v) is 6.74. The molecule has 1 N–H and O–H groups in total. The monoisotopic (exact) mass is 470 g/mol. The maximum atomic E-state index is 12.9. The van der Waals surface area contributed by atoms with E-state index in [1.807, 2.05) is 6.26 Å². The molecule has 2 aromatic carbocycles. The molecule has 0 saturated heterocycles. The van der Waals surface area contributed by atoms with Gasteiger partial charge < -0.3 is 9.64 Å². The predicted molar refractivity (Wildman–Crippen MR) is 123 cm³/mol. The SMILES string of the molecule is CSCCC(NS(=O)(=O)c1ccccc1)C(=O)N(C)CCCOc1ccc(Cl)cc1. The number of rotatable bonds is 12. The van der Waals surface area contributed by atoms with Crippen LogP contribution in [0.4, 0.5) is 0 Å². The molecule has 0 saturated carbocycles. The molecule has 30 heavy (non-hydrogen) atoms. The summed E-state index contributed by atoms with van der Waals surface area (Å²) >= 11 is 7.42. The summed E-state index contributed by atoms with van der Waals surface area (Å²) in [6.45, 7) is 0.889. The zero-order valence-electron chi connectivity index (χ0n) is 17.1. The topological polar surface area (TPSA) is 75.7 Å². The summed E-state index contributed by atoms with van der Waals surface area (Å²) in [5, 5.41) is 0.641. The lowest BCUT2D eigenvalue weighted by atomic mass is 10.2. The zero-order chi connectivity index (χ0) is 22.0. The molecular weight excluding hydrogens is 444 g/mol. The minimum absolute atomic E-state index is 0.144. The van der Waals surface area contributed by atoms with Crippen molar-refractivity contribution in [2.75, 3.05) is 32.2 Å². The van der Waals surface area contributed by atoms with Crippen LogP contribution in [0.25, 0.3) is 0 Å². The molecule has 9 heteroatoms. The molecule has 0 aliphatic rings. The van der Waals surface area contributed by atoms with E-state index in [9.17, 15) is 13.2 Å². The number of likely N-dealkylation sites (N-methyl/N-ethyl adjacent to an activating group) is 1. The summed E-state index contributed by atoms with van der Waals surface area (Å²) < 4.78 is 33.5. The fourth-order valence-electron chi connectivity index (χ4n) is 2.72. The van der Waals surface area contributed by atoms with Crippen molar-refractivity contribution >= 4 is 39.3 Å². The second-order valence-electron chi connectivity index (χ2n) is 6.68. The molecule has 1 atom stereocenters. The number of nitrogens with one attached hydrogen (secondary N) is 1. The Balaban J connectivity index is 1.91. The van der Waals surface area contributed by atoms with Gasteiger partial charge in [-0.3, -0.25) is 4.79 Å². The van der Waals surface area contributed by atoms with Gasteiger partial charge in [-0.25, -0.2) is 8.42 Å². The average Bonchev–Trinajstić information content (AvgIpc) is 2.75. The van der Waals surface area contributed by atoms with Crippen molar-refractivity contribution in [1.29, 1.82) is 0 Å². The number of thioether (sulfide) groups is 1. The number of ether oxygens (including phenoxy) is 1. The lowest BCUT2D eigenvalue weighted by Gasteiger charge is -2.24. The molecule has 0 aromatic heterocycles. The van der Waals surface area contributed by atoms with E-state index in [0.29, 0.717) is 42.5 Å². The Morgan fingerprint density at radius 2 is 1.83 bits per heavy atom. The van der Waals surface area contributed by atoms with Gasteiger partial charge in [0.15, 0.2) is 0 Å². The smallest absolute Gasteiger partial charge is 0.241 e. The van der Waals surface area contributed by atoms with E-state index in [4.69, 9.17) is 16.3 Å². The van der Waals surface area contributed by atoms with Crippen molar-refractivity contribution < 1.29 is 17.9 Å². The highest BCUT2D eigenvalue weighted by Crippen LogP contribution is 2.16. The van der Waals surface area contributed by atoms with Crippen LogP contribution in [0.3, 0.4) is 0 Å². The van der Waals surface area contributed by atoms with Crippen LogP contribution in [0.1, 0.15) is 12.8 Å². The number of carbonyl (C=O) groups is 1. The molecule has 2 aromatic rings. The number of benzene rings is 2. The number of halogens is 1. The molecule has 0 radical (unpaired) electrons. The van der Waals surface area contributed by atoms with Gasteiger partial charge in [0, 0.05) is 18.6 Å². The molecule has 0 spiro atoms. The van der Waals surface area contributed by atoms with E-state index in [0.717, 1.165) is 0 Å². The van der Waals surface area contributed by atoms with Crippen molar-refractivity contribution in [3.8, 4) is 5.75 Å². The molecule has 0 aliphatic carbocycles. The van der Waals surface area contributed by atoms with Crippen molar-refractivity contribution in [1.82, 2.24) is 9.62 Å². The quantitative estimate of drug-likeness (QED) is 0.479. The Hall–Kier alpha value is -1.74. The third-order valence-electron chi connectivity index (χ3n) is 4.36. The number of sulfonamides is 1. The van der Waals surface area contributed by atoms with E-state index in [1.165, 1.54) is 12.1 Å². The maximum absolute atomic E-state index is 12.9. The summed E-state index contributed by atoms with van der Waals surface area (Å²) in [6, 6.07) is 14.3. The van der Waals surface area contributed by atoms with E-state index in [2.05, 4.69) is 4.72 Å². The fourth-order valence-corrected chi connectivity index (χ4v) is 4.56. The Morgan fingerprint density at radius 1 is 1.17 bits per heavy atom. The maximum Gasteiger partial charge on any atom is 0.241 e. The average molecular weight is 471 g/mol. The molecular formula is C21H27ClN2O4S2. The van der Waals surface area contributed by atoms with Gasteiger partial charge in [0.2, 0.25) is 15.9 Å². The molecule has 1 unspecified atom stereocenters. The summed E-state index contributed by atoms with van der Waals surface area (Å²) in [5.41, 5.74) is 0. The van der Waals surface area contributed by atoms with Crippen LogP contribution in [0.5, 0.6) is 5.75 Å². The summed E-state index contributed by atoms with van der Waals surface area (Å²) in [7, 11) is -2.10. The van der Waals surface area contributed by atoms with Crippen LogP contribution < -0.4 is 9.46 Å². The second-order valence-corrected chi connectivity index (χ2v) is 9.82. The van der Waals surface area contributed by atoms with Crippen LogP contribution in [-0.2, 0) is 14.8 Å². The van der Waals surface area contributed by atoms with Gasteiger partial charge in [-0.1, -0.05) is 29.8 Å². The van der Waals surface area contributed by atoms with Crippen molar-refractivity contribution in [3.05, 3.63) is 59.6 Å². The molecule has 0 heterocycles. The third kappa shape index (κ3) is 7.83. The molecule has 0 aliphatic heterocycles. The van der Waals surface area contributed by atoms with Crippen LogP contribution in [0, 0.1) is 0 Å². The first-order valence-electron chi connectivity index (χ1n) is 9.53. The molecule has 0 fully saturated rings. The Kier molecular flexibility index (Phi) is 9.97. The van der Waals surface area contributed by atoms with E-state index in [-0.39, 0.29) is 10.8 Å². The highest BCUT2D eigenvalue weighted by molar-refractivity contribution is 7.98. The van der Waals surface area contributed by atoms with Gasteiger partial charge in [-0.15, -0.1) is 0 Å². The number of nitrogens with zero attached hydrogens (tertiary/aromatic N) is 1. The molecule has 6 nitrogen and oxygen atoms in total. The summed E-state index contributed by atoms with van der Waals surface area (Å²) in [6.07, 6.45) is 2.95. The van der Waals surface area contributed by atoms with Gasteiger partial charge in [0.1, 0.15) is 11.8 Å². The number of hydrogen-bond acceptors (Lipinski definition) is 5. The molecule has 0 bridgehead atoms.